The zero-order valence-corrected chi connectivity index (χ0v) is 8.23. The Morgan fingerprint density at radius 1 is 1.33 bits per heavy atom. The van der Waals surface area contributed by atoms with Crippen LogP contribution in [0.5, 0.6) is 0 Å². The fourth-order valence-electron chi connectivity index (χ4n) is 1.05. The first-order valence-corrected chi connectivity index (χ1v) is 5.25. The summed E-state index contributed by atoms with van der Waals surface area (Å²) in [7, 11) is -4.43. The van der Waals surface area contributed by atoms with E-state index in [9.17, 15) is 13.2 Å². The molecule has 7 heteroatoms. The molecule has 1 aromatic rings. The number of carbonyl (C=O) groups is 1. The number of aromatic carboxylic acids is 1. The highest BCUT2D eigenvalue weighted by Gasteiger charge is 2.15. The van der Waals surface area contributed by atoms with Crippen LogP contribution >= 0.6 is 0 Å². The smallest absolute Gasteiger partial charge is 0.336 e. The Morgan fingerprint density at radius 3 is 2.33 bits per heavy atom. The van der Waals surface area contributed by atoms with E-state index in [0.29, 0.717) is 0 Å². The van der Waals surface area contributed by atoms with E-state index >= 15 is 0 Å². The van der Waals surface area contributed by atoms with E-state index in [0.717, 1.165) is 18.2 Å². The first-order chi connectivity index (χ1) is 6.86. The summed E-state index contributed by atoms with van der Waals surface area (Å²) in [4.78, 5) is 10.2. The van der Waals surface area contributed by atoms with Crippen molar-refractivity contribution in [2.45, 2.75) is 11.5 Å². The third-order valence-electron chi connectivity index (χ3n) is 1.78. The quantitative estimate of drug-likeness (QED) is 0.638. The van der Waals surface area contributed by atoms with Crippen LogP contribution in [0.15, 0.2) is 23.1 Å². The van der Waals surface area contributed by atoms with Gasteiger partial charge in [0.1, 0.15) is 0 Å². The molecule has 0 saturated heterocycles. The lowest BCUT2D eigenvalue weighted by molar-refractivity contribution is 0.0693. The Balaban J connectivity index is 3.42. The Labute approximate surface area is 85.5 Å². The van der Waals surface area contributed by atoms with E-state index in [1.807, 2.05) is 0 Å². The number of benzene rings is 1. The zero-order chi connectivity index (χ0) is 11.6. The number of hydrogen-bond donors (Lipinski definition) is 3. The first-order valence-electron chi connectivity index (χ1n) is 3.81. The minimum absolute atomic E-state index is 0.0786. The SMILES string of the molecule is O=C(O)c1cc(S(=O)(=O)O)ccc1CO. The van der Waals surface area contributed by atoms with Crippen molar-refractivity contribution in [1.82, 2.24) is 0 Å². The highest BCUT2D eigenvalue weighted by molar-refractivity contribution is 7.85. The highest BCUT2D eigenvalue weighted by Crippen LogP contribution is 2.16. The van der Waals surface area contributed by atoms with Gasteiger partial charge in [-0.25, -0.2) is 4.79 Å². The Kier molecular flexibility index (Phi) is 3.08. The van der Waals surface area contributed by atoms with Crippen molar-refractivity contribution in [2.75, 3.05) is 0 Å². The number of carboxylic acids is 1. The van der Waals surface area contributed by atoms with Crippen LogP contribution in [0, 0.1) is 0 Å². The lowest BCUT2D eigenvalue weighted by Crippen LogP contribution is -2.06. The van der Waals surface area contributed by atoms with Crippen LogP contribution in [0.25, 0.3) is 0 Å². The molecule has 0 atom stereocenters. The lowest BCUT2D eigenvalue weighted by atomic mass is 10.1. The summed E-state index contributed by atoms with van der Waals surface area (Å²) < 4.78 is 30.1. The van der Waals surface area contributed by atoms with Gasteiger partial charge in [0.2, 0.25) is 0 Å². The molecule has 0 amide bonds. The van der Waals surface area contributed by atoms with E-state index < -0.39 is 27.6 Å². The molecule has 0 unspecified atom stereocenters. The standard InChI is InChI=1S/C8H8O6S/c9-4-5-1-2-6(15(12,13)14)3-7(5)8(10)11/h1-3,9H,4H2,(H,10,11)(H,12,13,14). The molecule has 0 fully saturated rings. The summed E-state index contributed by atoms with van der Waals surface area (Å²) in [6.45, 7) is -0.520. The molecule has 0 aliphatic heterocycles. The maximum absolute atomic E-state index is 10.7. The topological polar surface area (TPSA) is 112 Å². The van der Waals surface area contributed by atoms with Gasteiger partial charge in [0.15, 0.2) is 0 Å². The van der Waals surface area contributed by atoms with Gasteiger partial charge >= 0.3 is 5.97 Å². The predicted octanol–water partition coefficient (Wildman–Crippen LogP) is 0.124. The van der Waals surface area contributed by atoms with Gasteiger partial charge in [-0.05, 0) is 17.7 Å². The molecule has 3 N–H and O–H groups in total. The molecule has 6 nitrogen and oxygen atoms in total. The van der Waals surface area contributed by atoms with E-state index in [1.165, 1.54) is 0 Å². The summed E-state index contributed by atoms with van der Waals surface area (Å²) in [5.74, 6) is -1.37. The van der Waals surface area contributed by atoms with E-state index in [2.05, 4.69) is 0 Å². The second-order valence-corrected chi connectivity index (χ2v) is 4.18. The molecular formula is C8H8O6S. The molecule has 0 bridgehead atoms. The lowest BCUT2D eigenvalue weighted by Gasteiger charge is -2.04. The molecule has 0 saturated carbocycles. The second-order valence-electron chi connectivity index (χ2n) is 2.76. The molecular weight excluding hydrogens is 224 g/mol. The van der Waals surface area contributed by atoms with Crippen LogP contribution in [0.2, 0.25) is 0 Å². The highest BCUT2D eigenvalue weighted by atomic mass is 32.2. The average molecular weight is 232 g/mol. The fourth-order valence-corrected chi connectivity index (χ4v) is 1.56. The first kappa shape index (κ1) is 11.6. The molecule has 0 radical (unpaired) electrons. The number of hydrogen-bond acceptors (Lipinski definition) is 4. The summed E-state index contributed by atoms with van der Waals surface area (Å²) in [5, 5.41) is 17.5. The van der Waals surface area contributed by atoms with Crippen molar-refractivity contribution in [3.05, 3.63) is 29.3 Å². The van der Waals surface area contributed by atoms with Gasteiger partial charge in [0.05, 0.1) is 17.1 Å². The molecule has 82 valence electrons. The molecule has 0 aliphatic rings. The fraction of sp³-hybridized carbons (Fsp3) is 0.125. The third kappa shape index (κ3) is 2.52. The van der Waals surface area contributed by atoms with Crippen LogP contribution in [0.4, 0.5) is 0 Å². The minimum atomic E-state index is -4.43. The van der Waals surface area contributed by atoms with Crippen LogP contribution < -0.4 is 0 Å². The molecule has 0 aliphatic carbocycles. The Morgan fingerprint density at radius 2 is 1.93 bits per heavy atom. The predicted molar refractivity (Wildman–Crippen MR) is 49.1 cm³/mol. The average Bonchev–Trinajstić information content (AvgIpc) is 2.15. The maximum Gasteiger partial charge on any atom is 0.336 e. The van der Waals surface area contributed by atoms with E-state index in [-0.39, 0.29) is 11.1 Å². The molecule has 0 spiro atoms. The summed E-state index contributed by atoms with van der Waals surface area (Å²) in [6.07, 6.45) is 0. The Hall–Kier alpha value is -1.44. The summed E-state index contributed by atoms with van der Waals surface area (Å²) in [5.41, 5.74) is -0.275. The normalized spacial score (nSPS) is 11.3. The van der Waals surface area contributed by atoms with Gasteiger partial charge in [0.25, 0.3) is 10.1 Å². The van der Waals surface area contributed by atoms with Crippen molar-refractivity contribution in [3.63, 3.8) is 0 Å². The van der Waals surface area contributed by atoms with Crippen molar-refractivity contribution in [1.29, 1.82) is 0 Å². The third-order valence-corrected chi connectivity index (χ3v) is 2.63. The van der Waals surface area contributed by atoms with Crippen molar-refractivity contribution in [2.24, 2.45) is 0 Å². The molecule has 1 rings (SSSR count). The Bertz CT molecular complexity index is 490. The molecule has 0 aromatic heterocycles. The van der Waals surface area contributed by atoms with Gasteiger partial charge in [-0.2, -0.15) is 8.42 Å². The largest absolute Gasteiger partial charge is 0.478 e. The van der Waals surface area contributed by atoms with Gasteiger partial charge in [-0.3, -0.25) is 4.55 Å². The summed E-state index contributed by atoms with van der Waals surface area (Å²) >= 11 is 0. The number of carboxylic acid groups (broad SMARTS) is 1. The monoisotopic (exact) mass is 232 g/mol. The molecule has 15 heavy (non-hydrogen) atoms. The number of aliphatic hydroxyl groups is 1. The van der Waals surface area contributed by atoms with Crippen LogP contribution in [0.3, 0.4) is 0 Å². The van der Waals surface area contributed by atoms with Crippen LogP contribution in [-0.4, -0.2) is 29.2 Å². The molecule has 0 heterocycles. The van der Waals surface area contributed by atoms with Gasteiger partial charge in [-0.15, -0.1) is 0 Å². The summed E-state index contributed by atoms with van der Waals surface area (Å²) in [6, 6.07) is 2.95. The van der Waals surface area contributed by atoms with Gasteiger partial charge < -0.3 is 10.2 Å². The zero-order valence-electron chi connectivity index (χ0n) is 7.41. The minimum Gasteiger partial charge on any atom is -0.478 e. The maximum atomic E-state index is 10.7. The van der Waals surface area contributed by atoms with Gasteiger partial charge in [0, 0.05) is 0 Å². The molecule has 1 aromatic carbocycles. The number of rotatable bonds is 3. The van der Waals surface area contributed by atoms with Crippen LogP contribution in [0.1, 0.15) is 15.9 Å². The van der Waals surface area contributed by atoms with E-state index in [4.69, 9.17) is 14.8 Å². The van der Waals surface area contributed by atoms with Crippen LogP contribution in [-0.2, 0) is 16.7 Å². The van der Waals surface area contributed by atoms with Crippen molar-refractivity contribution >= 4 is 16.1 Å². The van der Waals surface area contributed by atoms with E-state index in [1.54, 1.807) is 0 Å². The van der Waals surface area contributed by atoms with Gasteiger partial charge in [-0.1, -0.05) is 6.07 Å². The van der Waals surface area contributed by atoms with Crippen molar-refractivity contribution < 1.29 is 28.0 Å². The number of aliphatic hydroxyl groups excluding tert-OH is 1. The second kappa shape index (κ2) is 3.97. The van der Waals surface area contributed by atoms with Crippen molar-refractivity contribution in [3.8, 4) is 0 Å².